The van der Waals surface area contributed by atoms with Crippen LogP contribution in [-0.4, -0.2) is 26.1 Å². The van der Waals surface area contributed by atoms with Gasteiger partial charge in [0.1, 0.15) is 0 Å². The molecule has 1 N–H and O–H groups in total. The summed E-state index contributed by atoms with van der Waals surface area (Å²) >= 11 is 0. The number of fused-ring (bicyclic) bond motifs is 2. The fourth-order valence-electron chi connectivity index (χ4n) is 3.59. The maximum absolute atomic E-state index is 12.7. The number of aryl methyl sites for hydroxylation is 1. The van der Waals surface area contributed by atoms with Gasteiger partial charge in [0.15, 0.2) is 0 Å². The molecule has 5 rings (SSSR count). The van der Waals surface area contributed by atoms with Crippen LogP contribution < -0.4 is 10.6 Å². The number of imidazole rings is 2. The summed E-state index contributed by atoms with van der Waals surface area (Å²) in [5, 5.41) is 0. The minimum Gasteiger partial charge on any atom is -0.324 e. The van der Waals surface area contributed by atoms with Crippen molar-refractivity contribution in [3.8, 4) is 5.69 Å². The van der Waals surface area contributed by atoms with Crippen LogP contribution in [0, 0.1) is 0 Å². The van der Waals surface area contributed by atoms with Crippen LogP contribution in [0.5, 0.6) is 0 Å². The van der Waals surface area contributed by atoms with Crippen LogP contribution >= 0.6 is 0 Å². The molecule has 0 aliphatic carbocycles. The highest BCUT2D eigenvalue weighted by Crippen LogP contribution is 2.25. The van der Waals surface area contributed by atoms with Crippen molar-refractivity contribution < 1.29 is 0 Å². The van der Waals surface area contributed by atoms with Gasteiger partial charge in [-0.1, -0.05) is 24.3 Å². The molecule has 0 unspecified atom stereocenters. The lowest BCUT2D eigenvalue weighted by Crippen LogP contribution is -2.20. The quantitative estimate of drug-likeness (QED) is 0.523. The second-order valence-electron chi connectivity index (χ2n) is 6.82. The lowest BCUT2D eigenvalue weighted by atomic mass is 10.2. The van der Waals surface area contributed by atoms with Crippen molar-refractivity contribution in [2.75, 3.05) is 11.9 Å². The zero-order valence-corrected chi connectivity index (χ0v) is 15.6. The Labute approximate surface area is 161 Å². The SMILES string of the molecule is CN(c1ccc(-n2c(=O)n(C)c3ccccc32)cc1)c1nc2ccccc2[nH]1. The van der Waals surface area contributed by atoms with E-state index in [9.17, 15) is 4.79 Å². The fraction of sp³-hybridized carbons (Fsp3) is 0.0909. The molecule has 28 heavy (non-hydrogen) atoms. The number of nitrogens with zero attached hydrogens (tertiary/aromatic N) is 4. The van der Waals surface area contributed by atoms with Gasteiger partial charge in [-0.05, 0) is 48.5 Å². The first kappa shape index (κ1) is 16.4. The van der Waals surface area contributed by atoms with Crippen molar-refractivity contribution in [3.63, 3.8) is 0 Å². The number of hydrogen-bond acceptors (Lipinski definition) is 3. The van der Waals surface area contributed by atoms with Gasteiger partial charge < -0.3 is 9.88 Å². The van der Waals surface area contributed by atoms with Crippen LogP contribution in [0.4, 0.5) is 11.6 Å². The first-order chi connectivity index (χ1) is 13.6. The summed E-state index contributed by atoms with van der Waals surface area (Å²) in [5.41, 5.74) is 5.51. The number of benzene rings is 3. The lowest BCUT2D eigenvalue weighted by Gasteiger charge is -2.16. The Kier molecular flexibility index (Phi) is 3.58. The minimum atomic E-state index is -0.0559. The zero-order chi connectivity index (χ0) is 19.3. The molecule has 0 aliphatic heterocycles. The number of rotatable bonds is 3. The summed E-state index contributed by atoms with van der Waals surface area (Å²) in [5.74, 6) is 0.774. The number of anilines is 2. The second kappa shape index (κ2) is 6.13. The number of para-hydroxylation sites is 4. The predicted octanol–water partition coefficient (Wildman–Crippen LogP) is 3.97. The number of nitrogens with one attached hydrogen (secondary N) is 1. The lowest BCUT2D eigenvalue weighted by molar-refractivity contribution is 0.846. The van der Waals surface area contributed by atoms with E-state index in [2.05, 4.69) is 9.97 Å². The monoisotopic (exact) mass is 369 g/mol. The Morgan fingerprint density at radius 1 is 0.893 bits per heavy atom. The van der Waals surface area contributed by atoms with E-state index in [-0.39, 0.29) is 5.69 Å². The molecular formula is C22H19N5O. The van der Waals surface area contributed by atoms with Gasteiger partial charge in [-0.15, -0.1) is 0 Å². The third-order valence-electron chi connectivity index (χ3n) is 5.15. The topological polar surface area (TPSA) is 58.9 Å². The van der Waals surface area contributed by atoms with Gasteiger partial charge in [-0.3, -0.25) is 9.13 Å². The number of aromatic amines is 1. The van der Waals surface area contributed by atoms with Gasteiger partial charge in [0, 0.05) is 19.8 Å². The fourth-order valence-corrected chi connectivity index (χ4v) is 3.59. The summed E-state index contributed by atoms with van der Waals surface area (Å²) < 4.78 is 3.41. The van der Waals surface area contributed by atoms with Crippen LogP contribution in [0.15, 0.2) is 77.6 Å². The first-order valence-electron chi connectivity index (χ1n) is 9.09. The van der Waals surface area contributed by atoms with Crippen LogP contribution in [0.2, 0.25) is 0 Å². The van der Waals surface area contributed by atoms with Crippen molar-refractivity contribution in [2.45, 2.75) is 0 Å². The van der Waals surface area contributed by atoms with E-state index >= 15 is 0 Å². The third kappa shape index (κ3) is 2.42. The van der Waals surface area contributed by atoms with E-state index in [4.69, 9.17) is 0 Å². The summed E-state index contributed by atoms with van der Waals surface area (Å²) in [7, 11) is 3.77. The molecule has 6 heteroatoms. The molecule has 0 amide bonds. The molecule has 0 saturated heterocycles. The minimum absolute atomic E-state index is 0.0559. The van der Waals surface area contributed by atoms with Crippen LogP contribution in [0.3, 0.4) is 0 Å². The highest BCUT2D eigenvalue weighted by Gasteiger charge is 2.13. The smallest absolute Gasteiger partial charge is 0.324 e. The van der Waals surface area contributed by atoms with E-state index in [0.29, 0.717) is 0 Å². The Hall–Kier alpha value is -3.80. The van der Waals surface area contributed by atoms with E-state index in [1.165, 1.54) is 0 Å². The molecule has 2 aromatic heterocycles. The number of aromatic nitrogens is 4. The highest BCUT2D eigenvalue weighted by molar-refractivity contribution is 5.79. The standard InChI is InChI=1S/C22H19N5O/c1-25(21-23-17-7-3-4-8-18(17)24-21)15-11-13-16(14-12-15)27-20-10-6-5-9-19(20)26(2)22(27)28/h3-14H,1-2H3,(H,23,24). The van der Waals surface area contributed by atoms with Gasteiger partial charge in [0.25, 0.3) is 0 Å². The van der Waals surface area contributed by atoms with E-state index in [1.54, 1.807) is 16.2 Å². The zero-order valence-electron chi connectivity index (χ0n) is 15.6. The molecule has 3 aromatic carbocycles. The molecule has 0 aliphatic rings. The number of H-pyrrole nitrogens is 1. The molecule has 0 radical (unpaired) electrons. The van der Waals surface area contributed by atoms with E-state index in [1.807, 2.05) is 84.7 Å². The molecule has 0 atom stereocenters. The third-order valence-corrected chi connectivity index (χ3v) is 5.15. The Morgan fingerprint density at radius 3 is 2.32 bits per heavy atom. The molecule has 0 bridgehead atoms. The molecular weight excluding hydrogens is 350 g/mol. The van der Waals surface area contributed by atoms with Crippen molar-refractivity contribution in [1.29, 1.82) is 0 Å². The van der Waals surface area contributed by atoms with Crippen molar-refractivity contribution in [1.82, 2.24) is 19.1 Å². The van der Waals surface area contributed by atoms with Gasteiger partial charge in [0.2, 0.25) is 5.95 Å². The highest BCUT2D eigenvalue weighted by atomic mass is 16.1. The maximum atomic E-state index is 12.7. The van der Waals surface area contributed by atoms with Gasteiger partial charge in [-0.25, -0.2) is 9.78 Å². The van der Waals surface area contributed by atoms with E-state index in [0.717, 1.165) is 39.4 Å². The Morgan fingerprint density at radius 2 is 1.57 bits per heavy atom. The molecule has 138 valence electrons. The van der Waals surface area contributed by atoms with Crippen molar-refractivity contribution >= 4 is 33.7 Å². The van der Waals surface area contributed by atoms with Gasteiger partial charge in [-0.2, -0.15) is 0 Å². The summed E-state index contributed by atoms with van der Waals surface area (Å²) in [6, 6.07) is 23.7. The Bertz CT molecular complexity index is 1320. The Balaban J connectivity index is 1.54. The summed E-state index contributed by atoms with van der Waals surface area (Å²) in [6.45, 7) is 0. The molecule has 6 nitrogen and oxygen atoms in total. The number of hydrogen-bond donors (Lipinski definition) is 1. The molecule has 0 fully saturated rings. The summed E-state index contributed by atoms with van der Waals surface area (Å²) in [6.07, 6.45) is 0. The van der Waals surface area contributed by atoms with Crippen molar-refractivity contribution in [3.05, 3.63) is 83.3 Å². The molecule has 0 spiro atoms. The molecule has 0 saturated carbocycles. The first-order valence-corrected chi connectivity index (χ1v) is 9.09. The van der Waals surface area contributed by atoms with Gasteiger partial charge >= 0.3 is 5.69 Å². The van der Waals surface area contributed by atoms with Crippen LogP contribution in [-0.2, 0) is 7.05 Å². The largest absolute Gasteiger partial charge is 0.333 e. The average Bonchev–Trinajstić information content (AvgIpc) is 3.28. The molecule has 2 heterocycles. The predicted molar refractivity (Wildman–Crippen MR) is 113 cm³/mol. The second-order valence-corrected chi connectivity index (χ2v) is 6.82. The van der Waals surface area contributed by atoms with Crippen LogP contribution in [0.1, 0.15) is 0 Å². The van der Waals surface area contributed by atoms with Crippen LogP contribution in [0.25, 0.3) is 27.8 Å². The molecule has 5 aromatic rings. The average molecular weight is 369 g/mol. The summed E-state index contributed by atoms with van der Waals surface area (Å²) in [4.78, 5) is 22.7. The van der Waals surface area contributed by atoms with Crippen molar-refractivity contribution in [2.24, 2.45) is 7.05 Å². The van der Waals surface area contributed by atoms with Gasteiger partial charge in [0.05, 0.1) is 27.8 Å². The van der Waals surface area contributed by atoms with E-state index < -0.39 is 0 Å². The normalized spacial score (nSPS) is 11.4. The maximum Gasteiger partial charge on any atom is 0.333 e.